The standard InChI is InChI=1S/C31H38N2O3/c1-4-31(30(34)36-3,26-13-6-5-7-14-26)18-11-19-32-20-22-33(23-21-32)27-15-10-12-25(24-27)28-16-8-9-17-29(28)35-2/h5-10,12-17,24H,4,11,18-23H2,1-3H3. The third-order valence-electron chi connectivity index (χ3n) is 7.59. The molecule has 3 aromatic rings. The molecule has 0 saturated carbocycles. The van der Waals surface area contributed by atoms with Crippen LogP contribution in [0.1, 0.15) is 31.7 Å². The largest absolute Gasteiger partial charge is 0.496 e. The predicted molar refractivity (Wildman–Crippen MR) is 147 cm³/mol. The van der Waals surface area contributed by atoms with Crippen molar-refractivity contribution in [2.75, 3.05) is 51.8 Å². The molecule has 1 unspecified atom stereocenters. The third kappa shape index (κ3) is 5.57. The number of anilines is 1. The molecule has 5 nitrogen and oxygen atoms in total. The zero-order valence-electron chi connectivity index (χ0n) is 21.8. The van der Waals surface area contributed by atoms with Gasteiger partial charge in [0, 0.05) is 37.4 Å². The van der Waals surface area contributed by atoms with Crippen LogP contribution in [0.4, 0.5) is 5.69 Å². The first kappa shape index (κ1) is 25.8. The molecule has 190 valence electrons. The van der Waals surface area contributed by atoms with Crippen LogP contribution >= 0.6 is 0 Å². The van der Waals surface area contributed by atoms with Crippen LogP contribution < -0.4 is 9.64 Å². The van der Waals surface area contributed by atoms with Gasteiger partial charge in [0.05, 0.1) is 19.6 Å². The second kappa shape index (κ2) is 12.1. The summed E-state index contributed by atoms with van der Waals surface area (Å²) in [6.45, 7) is 7.08. The number of para-hydroxylation sites is 1. The van der Waals surface area contributed by atoms with Gasteiger partial charge >= 0.3 is 5.97 Å². The van der Waals surface area contributed by atoms with Crippen molar-refractivity contribution >= 4 is 11.7 Å². The van der Waals surface area contributed by atoms with E-state index >= 15 is 0 Å². The number of hydrogen-bond donors (Lipinski definition) is 0. The molecule has 1 aliphatic heterocycles. The second-order valence-electron chi connectivity index (χ2n) is 9.48. The van der Waals surface area contributed by atoms with Gasteiger partial charge in [-0.05, 0) is 55.1 Å². The Morgan fingerprint density at radius 3 is 2.31 bits per heavy atom. The van der Waals surface area contributed by atoms with Crippen molar-refractivity contribution in [2.45, 2.75) is 31.6 Å². The van der Waals surface area contributed by atoms with Crippen LogP contribution in [0, 0.1) is 0 Å². The van der Waals surface area contributed by atoms with Crippen LogP contribution in [0.5, 0.6) is 5.75 Å². The fourth-order valence-corrected chi connectivity index (χ4v) is 5.43. The fourth-order valence-electron chi connectivity index (χ4n) is 5.43. The maximum atomic E-state index is 12.9. The van der Waals surface area contributed by atoms with Gasteiger partial charge in [-0.2, -0.15) is 0 Å². The number of benzene rings is 3. The molecular formula is C31H38N2O3. The topological polar surface area (TPSA) is 42.0 Å². The van der Waals surface area contributed by atoms with E-state index in [1.807, 2.05) is 30.3 Å². The maximum absolute atomic E-state index is 12.9. The number of methoxy groups -OCH3 is 2. The quantitative estimate of drug-likeness (QED) is 0.340. The van der Waals surface area contributed by atoms with E-state index in [1.165, 1.54) is 18.4 Å². The van der Waals surface area contributed by atoms with Crippen molar-refractivity contribution in [3.63, 3.8) is 0 Å². The van der Waals surface area contributed by atoms with Gasteiger partial charge in [0.1, 0.15) is 5.75 Å². The monoisotopic (exact) mass is 486 g/mol. The molecule has 4 rings (SSSR count). The number of nitrogens with zero attached hydrogens (tertiary/aromatic N) is 2. The number of carbonyl (C=O) groups is 1. The molecule has 1 fully saturated rings. The van der Waals surface area contributed by atoms with Gasteiger partial charge in [-0.15, -0.1) is 0 Å². The first-order valence-electron chi connectivity index (χ1n) is 13.0. The van der Waals surface area contributed by atoms with Crippen molar-refractivity contribution in [3.05, 3.63) is 84.4 Å². The molecule has 1 aliphatic rings. The minimum absolute atomic E-state index is 0.129. The Balaban J connectivity index is 1.35. The zero-order valence-corrected chi connectivity index (χ0v) is 21.8. The fraction of sp³-hybridized carbons (Fsp3) is 0.387. The first-order valence-corrected chi connectivity index (χ1v) is 13.0. The number of ether oxygens (including phenoxy) is 2. The molecule has 36 heavy (non-hydrogen) atoms. The summed E-state index contributed by atoms with van der Waals surface area (Å²) in [6, 6.07) is 27.0. The molecule has 0 radical (unpaired) electrons. The average molecular weight is 487 g/mol. The molecule has 3 aromatic carbocycles. The van der Waals surface area contributed by atoms with E-state index in [-0.39, 0.29) is 5.97 Å². The lowest BCUT2D eigenvalue weighted by molar-refractivity contribution is -0.148. The zero-order chi connectivity index (χ0) is 25.4. The van der Waals surface area contributed by atoms with Crippen molar-refractivity contribution in [1.82, 2.24) is 4.90 Å². The van der Waals surface area contributed by atoms with Crippen LogP contribution in [-0.4, -0.2) is 57.8 Å². The molecule has 0 aromatic heterocycles. The summed E-state index contributed by atoms with van der Waals surface area (Å²) in [5, 5.41) is 0. The van der Waals surface area contributed by atoms with E-state index in [2.05, 4.69) is 65.3 Å². The highest BCUT2D eigenvalue weighted by Crippen LogP contribution is 2.35. The number of hydrogen-bond acceptors (Lipinski definition) is 5. The van der Waals surface area contributed by atoms with Crippen LogP contribution in [-0.2, 0) is 14.9 Å². The minimum Gasteiger partial charge on any atom is -0.496 e. The Kier molecular flexibility index (Phi) is 8.65. The molecule has 0 N–H and O–H groups in total. The van der Waals surface area contributed by atoms with E-state index in [0.717, 1.165) is 68.9 Å². The summed E-state index contributed by atoms with van der Waals surface area (Å²) in [7, 11) is 3.22. The molecule has 1 atom stereocenters. The third-order valence-corrected chi connectivity index (χ3v) is 7.59. The summed E-state index contributed by atoms with van der Waals surface area (Å²) >= 11 is 0. The van der Waals surface area contributed by atoms with Gasteiger partial charge in [-0.1, -0.05) is 67.6 Å². The molecule has 1 saturated heterocycles. The van der Waals surface area contributed by atoms with Crippen LogP contribution in [0.3, 0.4) is 0 Å². The maximum Gasteiger partial charge on any atom is 0.316 e. The lowest BCUT2D eigenvalue weighted by Crippen LogP contribution is -2.47. The Labute approximate surface area is 215 Å². The minimum atomic E-state index is -0.573. The summed E-state index contributed by atoms with van der Waals surface area (Å²) in [5.41, 5.74) is 4.02. The number of rotatable bonds is 10. The number of esters is 1. The van der Waals surface area contributed by atoms with Crippen LogP contribution in [0.2, 0.25) is 0 Å². The van der Waals surface area contributed by atoms with Gasteiger partial charge in [-0.3, -0.25) is 9.69 Å². The molecular weight excluding hydrogens is 448 g/mol. The summed E-state index contributed by atoms with van der Waals surface area (Å²) in [6.07, 6.45) is 2.49. The van der Waals surface area contributed by atoms with Gasteiger partial charge in [0.25, 0.3) is 0 Å². The Bertz CT molecular complexity index is 1130. The van der Waals surface area contributed by atoms with Crippen LogP contribution in [0.25, 0.3) is 11.1 Å². The molecule has 0 bridgehead atoms. The molecule has 1 heterocycles. The smallest absolute Gasteiger partial charge is 0.316 e. The summed E-state index contributed by atoms with van der Waals surface area (Å²) < 4.78 is 10.8. The predicted octanol–water partition coefficient (Wildman–Crippen LogP) is 5.79. The highest BCUT2D eigenvalue weighted by molar-refractivity contribution is 5.83. The van der Waals surface area contributed by atoms with Gasteiger partial charge < -0.3 is 14.4 Å². The van der Waals surface area contributed by atoms with E-state index in [0.29, 0.717) is 0 Å². The Morgan fingerprint density at radius 1 is 0.889 bits per heavy atom. The Hall–Kier alpha value is -3.31. The van der Waals surface area contributed by atoms with Crippen molar-refractivity contribution < 1.29 is 14.3 Å². The van der Waals surface area contributed by atoms with Crippen molar-refractivity contribution in [1.29, 1.82) is 0 Å². The molecule has 0 aliphatic carbocycles. The van der Waals surface area contributed by atoms with E-state index in [4.69, 9.17) is 9.47 Å². The van der Waals surface area contributed by atoms with Gasteiger partial charge in [0.15, 0.2) is 0 Å². The van der Waals surface area contributed by atoms with Gasteiger partial charge in [-0.25, -0.2) is 0 Å². The lowest BCUT2D eigenvalue weighted by atomic mass is 9.74. The number of carbonyl (C=O) groups excluding carboxylic acids is 1. The Morgan fingerprint density at radius 2 is 1.61 bits per heavy atom. The SMILES string of the molecule is CCC(CCCN1CCN(c2cccc(-c3ccccc3OC)c2)CC1)(C(=O)OC)c1ccccc1. The normalized spacial score (nSPS) is 15.8. The average Bonchev–Trinajstić information content (AvgIpc) is 2.96. The molecule has 0 amide bonds. The van der Waals surface area contributed by atoms with Crippen molar-refractivity contribution in [3.8, 4) is 16.9 Å². The van der Waals surface area contributed by atoms with Crippen LogP contribution in [0.15, 0.2) is 78.9 Å². The summed E-state index contributed by atoms with van der Waals surface area (Å²) in [4.78, 5) is 17.8. The van der Waals surface area contributed by atoms with E-state index in [1.54, 1.807) is 7.11 Å². The van der Waals surface area contributed by atoms with Gasteiger partial charge in [0.2, 0.25) is 0 Å². The highest BCUT2D eigenvalue weighted by Gasteiger charge is 2.39. The lowest BCUT2D eigenvalue weighted by Gasteiger charge is -2.37. The summed E-state index contributed by atoms with van der Waals surface area (Å²) in [5.74, 6) is 0.765. The number of piperazine rings is 1. The van der Waals surface area contributed by atoms with E-state index < -0.39 is 5.41 Å². The second-order valence-corrected chi connectivity index (χ2v) is 9.48. The van der Waals surface area contributed by atoms with Crippen molar-refractivity contribution in [2.24, 2.45) is 0 Å². The highest BCUT2D eigenvalue weighted by atomic mass is 16.5. The molecule has 0 spiro atoms. The van der Waals surface area contributed by atoms with E-state index in [9.17, 15) is 4.79 Å². The molecule has 5 heteroatoms. The first-order chi connectivity index (χ1) is 17.6.